The van der Waals surface area contributed by atoms with Gasteiger partial charge in [0.2, 0.25) is 0 Å². The van der Waals surface area contributed by atoms with Gasteiger partial charge in [-0.2, -0.15) is 0 Å². The van der Waals surface area contributed by atoms with Crippen LogP contribution in [0.25, 0.3) is 0 Å². The Labute approximate surface area is 119 Å². The molecule has 0 aromatic heterocycles. The molecule has 2 aliphatic rings. The molecule has 3 nitrogen and oxygen atoms in total. The van der Waals surface area contributed by atoms with Crippen LogP contribution in [0.2, 0.25) is 0 Å². The fourth-order valence-electron chi connectivity index (χ4n) is 1.65. The summed E-state index contributed by atoms with van der Waals surface area (Å²) in [6.07, 6.45) is 3.89. The van der Waals surface area contributed by atoms with Crippen LogP contribution in [0.1, 0.15) is 27.7 Å². The van der Waals surface area contributed by atoms with Crippen molar-refractivity contribution in [3.8, 4) is 6.07 Å². The van der Waals surface area contributed by atoms with E-state index in [1.807, 2.05) is 43.9 Å². The summed E-state index contributed by atoms with van der Waals surface area (Å²) in [7, 11) is -0.384. The third-order valence-electron chi connectivity index (χ3n) is 3.49. The van der Waals surface area contributed by atoms with Crippen LogP contribution in [0, 0.1) is 11.3 Å². The number of hydrogen-bond acceptors (Lipinski definition) is 3. The van der Waals surface area contributed by atoms with Crippen molar-refractivity contribution >= 4 is 7.12 Å². The molecule has 0 saturated carbocycles. The topological polar surface area (TPSA) is 42.2 Å². The van der Waals surface area contributed by atoms with Gasteiger partial charge in [-0.1, -0.05) is 0 Å². The van der Waals surface area contributed by atoms with Crippen molar-refractivity contribution in [1.82, 2.24) is 0 Å². The van der Waals surface area contributed by atoms with Gasteiger partial charge >= 0.3 is 119 Å². The average molecular weight is 356 g/mol. The summed E-state index contributed by atoms with van der Waals surface area (Å²) in [6, 6.07) is 2.20. The molecule has 0 bridgehead atoms. The third kappa shape index (κ3) is 2.56. The van der Waals surface area contributed by atoms with Crippen LogP contribution in [0.15, 0.2) is 31.4 Å². The molecular weight excluding hydrogens is 340 g/mol. The van der Waals surface area contributed by atoms with Gasteiger partial charge in [-0.3, -0.25) is 0 Å². The maximum atomic E-state index is 9.03. The summed E-state index contributed by atoms with van der Waals surface area (Å²) in [5.41, 5.74) is 0.949. The molecule has 1 fully saturated rings. The van der Waals surface area contributed by atoms with Gasteiger partial charge in [0.1, 0.15) is 0 Å². The van der Waals surface area contributed by atoms with Crippen molar-refractivity contribution in [2.75, 3.05) is 0 Å². The molecule has 0 amide bonds. The van der Waals surface area contributed by atoms with Crippen LogP contribution >= 0.6 is 0 Å². The third-order valence-corrected chi connectivity index (χ3v) is 5.29. The number of allylic oxidation sites excluding steroid dienone is 4. The minimum atomic E-state index is -0.384. The van der Waals surface area contributed by atoms with Gasteiger partial charge in [0.05, 0.1) is 0 Å². The predicted molar refractivity (Wildman–Crippen MR) is 67.0 cm³/mol. The first-order valence-electron chi connectivity index (χ1n) is 5.82. The van der Waals surface area contributed by atoms with Crippen molar-refractivity contribution in [2.24, 2.45) is 0 Å². The molecule has 0 aromatic carbocycles. The Kier molecular flexibility index (Phi) is 3.72. The van der Waals surface area contributed by atoms with Crippen LogP contribution in [0.4, 0.5) is 0 Å². The number of rotatable bonds is 1. The molecular formula is C13H16BINO2-. The summed E-state index contributed by atoms with van der Waals surface area (Å²) in [4.78, 5) is 0. The number of halogens is 1. The van der Waals surface area contributed by atoms with Crippen molar-refractivity contribution in [3.63, 3.8) is 0 Å². The Morgan fingerprint density at radius 1 is 1.22 bits per heavy atom. The molecule has 0 N–H and O–H groups in total. The van der Waals surface area contributed by atoms with E-state index >= 15 is 0 Å². The van der Waals surface area contributed by atoms with E-state index < -0.39 is 0 Å². The first-order chi connectivity index (χ1) is 8.36. The molecule has 2 aliphatic heterocycles. The molecule has 0 aliphatic carbocycles. The quantitative estimate of drug-likeness (QED) is 0.473. The first-order valence-corrected chi connectivity index (χ1v) is 8.31. The van der Waals surface area contributed by atoms with Crippen molar-refractivity contribution in [1.29, 1.82) is 5.26 Å². The van der Waals surface area contributed by atoms with Crippen LogP contribution < -0.4 is 21.2 Å². The van der Waals surface area contributed by atoms with E-state index in [1.165, 1.54) is 0 Å². The van der Waals surface area contributed by atoms with Gasteiger partial charge in [-0.25, -0.2) is 0 Å². The van der Waals surface area contributed by atoms with Crippen LogP contribution in [-0.2, 0) is 9.31 Å². The second-order valence-corrected chi connectivity index (χ2v) is 7.39. The van der Waals surface area contributed by atoms with E-state index in [4.69, 9.17) is 14.6 Å². The van der Waals surface area contributed by atoms with Gasteiger partial charge in [0.15, 0.2) is 0 Å². The van der Waals surface area contributed by atoms with E-state index in [0.717, 1.165) is 5.47 Å². The Morgan fingerprint density at radius 2 is 1.83 bits per heavy atom. The summed E-state index contributed by atoms with van der Waals surface area (Å²) >= 11 is -0.179. The molecule has 0 spiro atoms. The summed E-state index contributed by atoms with van der Waals surface area (Å²) in [5.74, 6) is 0. The van der Waals surface area contributed by atoms with Crippen LogP contribution in [0.3, 0.4) is 0 Å². The number of nitriles is 1. The number of hydrogen-bond donors (Lipinski definition) is 0. The molecule has 5 heteroatoms. The van der Waals surface area contributed by atoms with Crippen molar-refractivity contribution in [3.05, 3.63) is 31.4 Å². The van der Waals surface area contributed by atoms with E-state index in [1.54, 1.807) is 0 Å². The van der Waals surface area contributed by atoms with Crippen molar-refractivity contribution in [2.45, 2.75) is 38.9 Å². The zero-order valence-corrected chi connectivity index (χ0v) is 13.2. The Hall–Kier alpha value is -0.575. The molecule has 1 saturated heterocycles. The number of nitrogens with zero attached hydrogens (tertiary/aromatic N) is 1. The normalized spacial score (nSPS) is 25.6. The van der Waals surface area contributed by atoms with Gasteiger partial charge in [0, 0.05) is 0 Å². The standard InChI is InChI=1S/C13H16BINO2/c1-12(2)13(3,4)18-14(17-12)11-5-6-15-8-10(7-11)9-16/h5-8H,1-4H3/q-1. The molecule has 18 heavy (non-hydrogen) atoms. The second kappa shape index (κ2) is 4.84. The monoisotopic (exact) mass is 356 g/mol. The average Bonchev–Trinajstić information content (AvgIpc) is 2.47. The molecule has 0 unspecified atom stereocenters. The Balaban J connectivity index is 2.27. The zero-order valence-electron chi connectivity index (χ0n) is 11.0. The predicted octanol–water partition coefficient (Wildman–Crippen LogP) is -0.432. The summed E-state index contributed by atoms with van der Waals surface area (Å²) in [6.45, 7) is 8.12. The SMILES string of the molecule is CC1(C)OB(C2=CC(C#N)=C[I-]C=C2)OC1(C)C. The van der Waals surface area contributed by atoms with E-state index in [-0.39, 0.29) is 39.5 Å². The molecule has 0 atom stereocenters. The van der Waals surface area contributed by atoms with Gasteiger partial charge in [0.25, 0.3) is 0 Å². The zero-order chi connectivity index (χ0) is 13.4. The minimum absolute atomic E-state index is 0.179. The van der Waals surface area contributed by atoms with Crippen LogP contribution in [-0.4, -0.2) is 18.3 Å². The molecule has 0 aromatic rings. The molecule has 96 valence electrons. The fourth-order valence-corrected chi connectivity index (χ4v) is 3.19. The van der Waals surface area contributed by atoms with Gasteiger partial charge in [-0.15, -0.1) is 0 Å². The molecule has 2 heterocycles. The molecule has 2 rings (SSSR count). The summed E-state index contributed by atoms with van der Waals surface area (Å²) in [5, 5.41) is 9.03. The Morgan fingerprint density at radius 3 is 2.39 bits per heavy atom. The fraction of sp³-hybridized carbons (Fsp3) is 0.462. The first kappa shape index (κ1) is 13.8. The second-order valence-electron chi connectivity index (χ2n) is 5.33. The Bertz CT molecular complexity index is 470. The van der Waals surface area contributed by atoms with Crippen molar-refractivity contribution < 1.29 is 30.5 Å². The molecule has 0 radical (unpaired) electrons. The van der Waals surface area contributed by atoms with E-state index in [2.05, 4.69) is 10.2 Å². The summed E-state index contributed by atoms with van der Waals surface area (Å²) < 4.78 is 16.1. The van der Waals surface area contributed by atoms with Gasteiger partial charge < -0.3 is 0 Å². The van der Waals surface area contributed by atoms with E-state index in [0.29, 0.717) is 5.57 Å². The maximum absolute atomic E-state index is 9.03. The van der Waals surface area contributed by atoms with E-state index in [9.17, 15) is 0 Å². The van der Waals surface area contributed by atoms with Gasteiger partial charge in [-0.05, 0) is 0 Å². The van der Waals surface area contributed by atoms with Crippen LogP contribution in [0.5, 0.6) is 0 Å².